The molecule has 2 rings (SSSR count). The predicted molar refractivity (Wildman–Crippen MR) is 92.0 cm³/mol. The van der Waals surface area contributed by atoms with Crippen molar-refractivity contribution in [1.82, 2.24) is 4.90 Å². The molecule has 1 aromatic carbocycles. The minimum absolute atomic E-state index is 0.153. The van der Waals surface area contributed by atoms with Gasteiger partial charge in [-0.25, -0.2) is 0 Å². The monoisotopic (exact) mass is 308 g/mol. The molecule has 0 bridgehead atoms. The Kier molecular flexibility index (Phi) is 5.70. The Morgan fingerprint density at radius 3 is 2.38 bits per heavy atom. The number of benzene rings is 1. The van der Waals surface area contributed by atoms with Crippen molar-refractivity contribution in [3.63, 3.8) is 0 Å². The number of aryl methyl sites for hydroxylation is 1. The fraction of sp³-hybridized carbons (Fsp3) is 0.667. The highest BCUT2D eigenvalue weighted by Gasteiger charge is 2.43. The van der Waals surface area contributed by atoms with E-state index < -0.39 is 0 Å². The summed E-state index contributed by atoms with van der Waals surface area (Å²) < 4.78 is 0. The van der Waals surface area contributed by atoms with E-state index in [0.29, 0.717) is 0 Å². The molecular weight excluding hydrogens is 280 g/mol. The summed E-state index contributed by atoms with van der Waals surface area (Å²) in [7, 11) is 0. The zero-order valence-corrected chi connectivity index (χ0v) is 14.4. The third-order valence-corrected chi connectivity index (χ3v) is 5.55. The predicted octanol–water partition coefficient (Wildman–Crippen LogP) is 4.17. The van der Waals surface area contributed by atoms with Gasteiger partial charge in [-0.05, 0) is 56.5 Å². The summed E-state index contributed by atoms with van der Waals surface area (Å²) in [6, 6.07) is 6.47. The molecule has 3 heteroatoms. The van der Waals surface area contributed by atoms with Crippen LogP contribution in [0.25, 0.3) is 0 Å². The van der Waals surface area contributed by atoms with Gasteiger partial charge < -0.3 is 5.73 Å². The standard InChI is InChI=1S/C18H29ClN2/c1-4-21(5-2)18(10-6-7-11-18)17(20)13-15-9-8-14(3)12-16(15)19/h8-9,12,17H,4-7,10-11,13,20H2,1-3H3. The van der Waals surface area contributed by atoms with E-state index in [2.05, 4.69) is 37.8 Å². The smallest absolute Gasteiger partial charge is 0.0441 e. The average molecular weight is 309 g/mol. The number of likely N-dealkylation sites (N-methyl/N-ethyl adjacent to an activating group) is 1. The number of hydrogen-bond donors (Lipinski definition) is 1. The van der Waals surface area contributed by atoms with E-state index in [1.165, 1.54) is 36.8 Å². The molecule has 0 aliphatic heterocycles. The summed E-state index contributed by atoms with van der Waals surface area (Å²) in [6.07, 6.45) is 5.91. The minimum atomic E-state index is 0.153. The Bertz CT molecular complexity index is 462. The largest absolute Gasteiger partial charge is 0.326 e. The Hall–Kier alpha value is -0.570. The summed E-state index contributed by atoms with van der Waals surface area (Å²) in [5.41, 5.74) is 9.26. The zero-order valence-electron chi connectivity index (χ0n) is 13.7. The lowest BCUT2D eigenvalue weighted by molar-refractivity contribution is 0.0772. The number of nitrogens with two attached hydrogens (primary N) is 1. The van der Waals surface area contributed by atoms with Crippen molar-refractivity contribution in [2.24, 2.45) is 5.73 Å². The van der Waals surface area contributed by atoms with Crippen LogP contribution < -0.4 is 5.73 Å². The Morgan fingerprint density at radius 1 is 1.24 bits per heavy atom. The molecule has 1 unspecified atom stereocenters. The Labute approximate surface area is 134 Å². The van der Waals surface area contributed by atoms with Crippen LogP contribution in [-0.4, -0.2) is 29.6 Å². The first-order valence-corrected chi connectivity index (χ1v) is 8.67. The molecule has 2 N–H and O–H groups in total. The van der Waals surface area contributed by atoms with Gasteiger partial charge in [-0.1, -0.05) is 50.4 Å². The molecule has 1 fully saturated rings. The molecular formula is C18H29ClN2. The van der Waals surface area contributed by atoms with Crippen molar-refractivity contribution in [2.75, 3.05) is 13.1 Å². The maximum Gasteiger partial charge on any atom is 0.0441 e. The van der Waals surface area contributed by atoms with E-state index in [0.717, 1.165) is 24.5 Å². The zero-order chi connectivity index (χ0) is 15.5. The molecule has 118 valence electrons. The van der Waals surface area contributed by atoms with Gasteiger partial charge in [0.25, 0.3) is 0 Å². The third-order valence-electron chi connectivity index (χ3n) is 5.20. The maximum absolute atomic E-state index is 6.70. The van der Waals surface area contributed by atoms with E-state index >= 15 is 0 Å². The van der Waals surface area contributed by atoms with Crippen LogP contribution >= 0.6 is 11.6 Å². The highest BCUT2D eigenvalue weighted by atomic mass is 35.5. The van der Waals surface area contributed by atoms with Crippen LogP contribution in [0.5, 0.6) is 0 Å². The van der Waals surface area contributed by atoms with Crippen molar-refractivity contribution >= 4 is 11.6 Å². The van der Waals surface area contributed by atoms with Crippen molar-refractivity contribution < 1.29 is 0 Å². The van der Waals surface area contributed by atoms with Crippen LogP contribution in [-0.2, 0) is 6.42 Å². The second-order valence-corrected chi connectivity index (χ2v) is 6.80. The van der Waals surface area contributed by atoms with Crippen molar-refractivity contribution in [3.8, 4) is 0 Å². The number of hydrogen-bond acceptors (Lipinski definition) is 2. The minimum Gasteiger partial charge on any atom is -0.326 e. The second kappa shape index (κ2) is 7.13. The first-order chi connectivity index (χ1) is 10.0. The molecule has 1 atom stereocenters. The fourth-order valence-electron chi connectivity index (χ4n) is 4.01. The van der Waals surface area contributed by atoms with Gasteiger partial charge >= 0.3 is 0 Å². The molecule has 0 aromatic heterocycles. The van der Waals surface area contributed by atoms with E-state index in [1.807, 2.05) is 6.07 Å². The Balaban J connectivity index is 2.21. The molecule has 1 saturated carbocycles. The van der Waals surface area contributed by atoms with Crippen molar-refractivity contribution in [2.45, 2.75) is 64.5 Å². The van der Waals surface area contributed by atoms with Gasteiger partial charge in [0, 0.05) is 16.6 Å². The van der Waals surface area contributed by atoms with Gasteiger partial charge in [-0.15, -0.1) is 0 Å². The number of rotatable bonds is 6. The van der Waals surface area contributed by atoms with Gasteiger partial charge in [0.1, 0.15) is 0 Å². The molecule has 1 aliphatic carbocycles. The van der Waals surface area contributed by atoms with Gasteiger partial charge in [-0.3, -0.25) is 4.90 Å². The lowest BCUT2D eigenvalue weighted by Crippen LogP contribution is -2.59. The topological polar surface area (TPSA) is 29.3 Å². The van der Waals surface area contributed by atoms with Crippen LogP contribution in [0.1, 0.15) is 50.7 Å². The lowest BCUT2D eigenvalue weighted by atomic mass is 9.83. The highest BCUT2D eigenvalue weighted by Crippen LogP contribution is 2.38. The normalized spacial score (nSPS) is 19.1. The molecule has 0 spiro atoms. The highest BCUT2D eigenvalue weighted by molar-refractivity contribution is 6.31. The summed E-state index contributed by atoms with van der Waals surface area (Å²) in [5.74, 6) is 0. The van der Waals surface area contributed by atoms with E-state index in [4.69, 9.17) is 17.3 Å². The molecule has 21 heavy (non-hydrogen) atoms. The lowest BCUT2D eigenvalue weighted by Gasteiger charge is -2.45. The third kappa shape index (κ3) is 3.44. The summed E-state index contributed by atoms with van der Waals surface area (Å²) in [6.45, 7) is 8.71. The molecule has 1 aromatic rings. The molecule has 0 radical (unpaired) electrons. The molecule has 1 aliphatic rings. The summed E-state index contributed by atoms with van der Waals surface area (Å²) >= 11 is 6.40. The molecule has 0 saturated heterocycles. The fourth-order valence-corrected chi connectivity index (χ4v) is 4.32. The van der Waals surface area contributed by atoms with Gasteiger partial charge in [-0.2, -0.15) is 0 Å². The quantitative estimate of drug-likeness (QED) is 0.854. The van der Waals surface area contributed by atoms with Crippen molar-refractivity contribution in [1.29, 1.82) is 0 Å². The van der Waals surface area contributed by atoms with Gasteiger partial charge in [0.05, 0.1) is 0 Å². The first kappa shape index (κ1) is 16.8. The average Bonchev–Trinajstić information content (AvgIpc) is 2.94. The number of nitrogens with zero attached hydrogens (tertiary/aromatic N) is 1. The van der Waals surface area contributed by atoms with Crippen LogP contribution in [0.15, 0.2) is 18.2 Å². The SMILES string of the molecule is CCN(CC)C1(C(N)Cc2ccc(C)cc2Cl)CCCC1. The van der Waals surface area contributed by atoms with E-state index in [1.54, 1.807) is 0 Å². The van der Waals surface area contributed by atoms with Crippen LogP contribution in [0, 0.1) is 6.92 Å². The molecule has 2 nitrogen and oxygen atoms in total. The summed E-state index contributed by atoms with van der Waals surface area (Å²) in [4.78, 5) is 2.58. The molecule has 0 amide bonds. The second-order valence-electron chi connectivity index (χ2n) is 6.39. The van der Waals surface area contributed by atoms with E-state index in [9.17, 15) is 0 Å². The van der Waals surface area contributed by atoms with Gasteiger partial charge in [0.15, 0.2) is 0 Å². The van der Waals surface area contributed by atoms with Crippen LogP contribution in [0.4, 0.5) is 0 Å². The van der Waals surface area contributed by atoms with Gasteiger partial charge in [0.2, 0.25) is 0 Å². The van der Waals surface area contributed by atoms with E-state index in [-0.39, 0.29) is 11.6 Å². The van der Waals surface area contributed by atoms with Crippen molar-refractivity contribution in [3.05, 3.63) is 34.3 Å². The van der Waals surface area contributed by atoms with Crippen LogP contribution in [0.2, 0.25) is 5.02 Å². The Morgan fingerprint density at radius 2 is 1.86 bits per heavy atom. The van der Waals surface area contributed by atoms with Crippen LogP contribution in [0.3, 0.4) is 0 Å². The maximum atomic E-state index is 6.70. The first-order valence-electron chi connectivity index (χ1n) is 8.29. The molecule has 0 heterocycles. The number of halogens is 1. The summed E-state index contributed by atoms with van der Waals surface area (Å²) in [5, 5.41) is 0.859.